The number of hydrogen-bond donors (Lipinski definition) is 0. The van der Waals surface area contributed by atoms with E-state index in [-0.39, 0.29) is 6.61 Å². The second-order valence-corrected chi connectivity index (χ2v) is 3.89. The number of hydrogen-bond acceptors (Lipinski definition) is 3. The maximum absolute atomic E-state index is 11.6. The Morgan fingerprint density at radius 1 is 1.40 bits per heavy atom. The molecular formula is C11H11BrO3. The quantitative estimate of drug-likeness (QED) is 0.482. The minimum absolute atomic E-state index is 0.202. The second-order valence-electron chi connectivity index (χ2n) is 3.03. The number of benzene rings is 1. The summed E-state index contributed by atoms with van der Waals surface area (Å²) >= 11 is 3.22. The van der Waals surface area contributed by atoms with E-state index < -0.39 is 11.8 Å². The zero-order valence-corrected chi connectivity index (χ0v) is 10.1. The second kappa shape index (κ2) is 5.07. The van der Waals surface area contributed by atoms with Gasteiger partial charge >= 0.3 is 5.97 Å². The molecule has 4 heteroatoms. The van der Waals surface area contributed by atoms with Crippen LogP contribution in [0.25, 0.3) is 0 Å². The average Bonchev–Trinajstić information content (AvgIpc) is 2.21. The Morgan fingerprint density at radius 3 is 2.67 bits per heavy atom. The van der Waals surface area contributed by atoms with E-state index in [0.717, 1.165) is 5.56 Å². The highest BCUT2D eigenvalue weighted by Crippen LogP contribution is 2.19. The summed E-state index contributed by atoms with van der Waals surface area (Å²) in [7, 11) is 0. The first-order valence-electron chi connectivity index (χ1n) is 4.54. The summed E-state index contributed by atoms with van der Waals surface area (Å²) in [4.78, 5) is 22.8. The van der Waals surface area contributed by atoms with Crippen LogP contribution in [0.15, 0.2) is 22.7 Å². The van der Waals surface area contributed by atoms with Gasteiger partial charge in [0, 0.05) is 10.0 Å². The van der Waals surface area contributed by atoms with Crippen LogP contribution in [-0.2, 0) is 9.53 Å². The molecule has 0 N–H and O–H groups in total. The first-order valence-corrected chi connectivity index (χ1v) is 5.33. The van der Waals surface area contributed by atoms with Crippen LogP contribution >= 0.6 is 15.9 Å². The third-order valence-electron chi connectivity index (χ3n) is 1.83. The number of halogens is 1. The summed E-state index contributed by atoms with van der Waals surface area (Å²) in [5, 5.41) is 0. The van der Waals surface area contributed by atoms with Crippen LogP contribution in [0.1, 0.15) is 22.8 Å². The summed E-state index contributed by atoms with van der Waals surface area (Å²) < 4.78 is 5.25. The molecule has 0 spiro atoms. The Morgan fingerprint density at radius 2 is 2.07 bits per heavy atom. The van der Waals surface area contributed by atoms with Gasteiger partial charge in [0.05, 0.1) is 6.61 Å². The van der Waals surface area contributed by atoms with Gasteiger partial charge in [0.15, 0.2) is 0 Å². The molecule has 80 valence electrons. The largest absolute Gasteiger partial charge is 0.460 e. The van der Waals surface area contributed by atoms with Crippen molar-refractivity contribution in [3.63, 3.8) is 0 Å². The number of esters is 1. The lowest BCUT2D eigenvalue weighted by atomic mass is 10.1. The molecule has 0 radical (unpaired) electrons. The van der Waals surface area contributed by atoms with Crippen LogP contribution < -0.4 is 0 Å². The number of Topliss-reactive ketones (excluding diaryl/α,β-unsaturated/α-hetero) is 1. The smallest absolute Gasteiger partial charge is 0.379 e. The highest BCUT2D eigenvalue weighted by atomic mass is 79.9. The third kappa shape index (κ3) is 2.89. The van der Waals surface area contributed by atoms with Gasteiger partial charge in [0.1, 0.15) is 0 Å². The van der Waals surface area contributed by atoms with Crippen LogP contribution in [0, 0.1) is 6.92 Å². The van der Waals surface area contributed by atoms with Crippen molar-refractivity contribution in [3.05, 3.63) is 33.8 Å². The van der Waals surface area contributed by atoms with Gasteiger partial charge in [0.25, 0.3) is 5.78 Å². The summed E-state index contributed by atoms with van der Waals surface area (Å²) in [6.07, 6.45) is 0. The van der Waals surface area contributed by atoms with E-state index in [2.05, 4.69) is 20.7 Å². The zero-order valence-electron chi connectivity index (χ0n) is 8.54. The number of carbonyl (C=O) groups is 2. The van der Waals surface area contributed by atoms with E-state index in [4.69, 9.17) is 0 Å². The topological polar surface area (TPSA) is 43.4 Å². The Hall–Kier alpha value is -1.16. The minimum Gasteiger partial charge on any atom is -0.460 e. The van der Waals surface area contributed by atoms with Gasteiger partial charge in [0.2, 0.25) is 0 Å². The number of ether oxygens (including phenoxy) is 1. The van der Waals surface area contributed by atoms with E-state index in [1.807, 2.05) is 13.0 Å². The van der Waals surface area contributed by atoms with E-state index >= 15 is 0 Å². The highest BCUT2D eigenvalue weighted by molar-refractivity contribution is 9.10. The van der Waals surface area contributed by atoms with Crippen molar-refractivity contribution in [2.75, 3.05) is 6.61 Å². The molecule has 1 aromatic carbocycles. The van der Waals surface area contributed by atoms with Crippen molar-refractivity contribution < 1.29 is 14.3 Å². The molecule has 0 aliphatic rings. The predicted octanol–water partition coefficient (Wildman–Crippen LogP) is 2.50. The number of carbonyl (C=O) groups excluding carboxylic acids is 2. The van der Waals surface area contributed by atoms with Crippen molar-refractivity contribution in [2.45, 2.75) is 13.8 Å². The molecule has 0 saturated heterocycles. The lowest BCUT2D eigenvalue weighted by Crippen LogP contribution is -2.18. The Kier molecular flexibility index (Phi) is 4.03. The molecular weight excluding hydrogens is 260 g/mol. The predicted molar refractivity (Wildman–Crippen MR) is 59.8 cm³/mol. The van der Waals surface area contributed by atoms with Gasteiger partial charge in [-0.05, 0) is 26.0 Å². The van der Waals surface area contributed by atoms with E-state index in [9.17, 15) is 9.59 Å². The van der Waals surface area contributed by atoms with Crippen LogP contribution in [0.4, 0.5) is 0 Å². The van der Waals surface area contributed by atoms with Crippen molar-refractivity contribution in [3.8, 4) is 0 Å². The van der Waals surface area contributed by atoms with Crippen LogP contribution in [-0.4, -0.2) is 18.4 Å². The van der Waals surface area contributed by atoms with Gasteiger partial charge in [-0.15, -0.1) is 0 Å². The van der Waals surface area contributed by atoms with Crippen molar-refractivity contribution in [1.29, 1.82) is 0 Å². The molecule has 0 atom stereocenters. The summed E-state index contributed by atoms with van der Waals surface area (Å²) in [6, 6.07) is 5.25. The Labute approximate surface area is 96.6 Å². The fraction of sp³-hybridized carbons (Fsp3) is 0.273. The summed E-state index contributed by atoms with van der Waals surface area (Å²) in [6.45, 7) is 3.72. The monoisotopic (exact) mass is 270 g/mol. The fourth-order valence-corrected chi connectivity index (χ4v) is 1.55. The van der Waals surface area contributed by atoms with Gasteiger partial charge in [-0.2, -0.15) is 0 Å². The van der Waals surface area contributed by atoms with Crippen LogP contribution in [0.3, 0.4) is 0 Å². The van der Waals surface area contributed by atoms with E-state index in [1.165, 1.54) is 0 Å². The molecule has 1 rings (SSSR count). The van der Waals surface area contributed by atoms with Crippen molar-refractivity contribution in [2.24, 2.45) is 0 Å². The number of rotatable bonds is 3. The maximum atomic E-state index is 11.6. The number of aryl methyl sites for hydroxylation is 1. The van der Waals surface area contributed by atoms with Gasteiger partial charge < -0.3 is 4.74 Å². The molecule has 15 heavy (non-hydrogen) atoms. The molecule has 0 heterocycles. The molecule has 3 nitrogen and oxygen atoms in total. The lowest BCUT2D eigenvalue weighted by Gasteiger charge is -2.04. The lowest BCUT2D eigenvalue weighted by molar-refractivity contribution is -0.137. The summed E-state index contributed by atoms with van der Waals surface area (Å²) in [5.74, 6) is -1.43. The van der Waals surface area contributed by atoms with Crippen LogP contribution in [0.2, 0.25) is 0 Å². The maximum Gasteiger partial charge on any atom is 0.379 e. The van der Waals surface area contributed by atoms with Gasteiger partial charge in [-0.1, -0.05) is 27.6 Å². The third-order valence-corrected chi connectivity index (χ3v) is 2.52. The number of ketones is 1. The molecule has 0 amide bonds. The molecule has 0 aromatic heterocycles. The standard InChI is InChI=1S/C11H11BrO3/c1-3-15-11(14)10(13)8-6-7(2)4-5-9(8)12/h4-6H,3H2,1-2H3. The Balaban J connectivity index is 3.00. The fourth-order valence-electron chi connectivity index (χ4n) is 1.12. The average molecular weight is 271 g/mol. The molecule has 0 unspecified atom stereocenters. The molecule has 0 fully saturated rings. The summed E-state index contributed by atoms with van der Waals surface area (Å²) in [5.41, 5.74) is 1.26. The van der Waals surface area contributed by atoms with E-state index in [1.54, 1.807) is 19.1 Å². The normalized spacial score (nSPS) is 9.80. The molecule has 1 aromatic rings. The highest BCUT2D eigenvalue weighted by Gasteiger charge is 2.19. The van der Waals surface area contributed by atoms with E-state index in [0.29, 0.717) is 10.0 Å². The van der Waals surface area contributed by atoms with Gasteiger partial charge in [-0.3, -0.25) is 4.79 Å². The van der Waals surface area contributed by atoms with Crippen LogP contribution in [0.5, 0.6) is 0 Å². The molecule has 0 aliphatic heterocycles. The zero-order chi connectivity index (χ0) is 11.4. The molecule has 0 bridgehead atoms. The molecule has 0 saturated carbocycles. The minimum atomic E-state index is -0.816. The van der Waals surface area contributed by atoms with Gasteiger partial charge in [-0.25, -0.2) is 4.79 Å². The molecule has 0 aliphatic carbocycles. The Bertz CT molecular complexity index is 399. The van der Waals surface area contributed by atoms with Crippen molar-refractivity contribution >= 4 is 27.7 Å². The first kappa shape index (κ1) is 11.9. The van der Waals surface area contributed by atoms with Crippen molar-refractivity contribution in [1.82, 2.24) is 0 Å². The first-order chi connectivity index (χ1) is 7.06. The SMILES string of the molecule is CCOC(=O)C(=O)c1cc(C)ccc1Br.